The van der Waals surface area contributed by atoms with Crippen LogP contribution in [0.2, 0.25) is 5.02 Å². The van der Waals surface area contributed by atoms with Gasteiger partial charge in [0.05, 0.1) is 22.7 Å². The smallest absolute Gasteiger partial charge is 0.262 e. The lowest BCUT2D eigenvalue weighted by Crippen LogP contribution is -2.48. The number of hydrogen-bond acceptors (Lipinski definition) is 6. The van der Waals surface area contributed by atoms with E-state index in [0.29, 0.717) is 33.0 Å². The highest BCUT2D eigenvalue weighted by Gasteiger charge is 2.42. The van der Waals surface area contributed by atoms with Crippen LogP contribution in [-0.4, -0.2) is 42.0 Å². The van der Waals surface area contributed by atoms with Crippen LogP contribution in [0.25, 0.3) is 6.08 Å². The van der Waals surface area contributed by atoms with Gasteiger partial charge in [-0.15, -0.1) is 0 Å². The van der Waals surface area contributed by atoms with Crippen molar-refractivity contribution in [2.24, 2.45) is 5.92 Å². The predicted octanol–water partition coefficient (Wildman–Crippen LogP) is 7.26. The first-order valence-electron chi connectivity index (χ1n) is 13.8. The summed E-state index contributed by atoms with van der Waals surface area (Å²) in [5.74, 6) is 1.04. The number of carbonyl (C=O) groups excluding carboxylic acids is 2. The van der Waals surface area contributed by atoms with Crippen molar-refractivity contribution in [2.75, 3.05) is 24.4 Å². The molecular formula is C32H34ClN3O4S. The Morgan fingerprint density at radius 3 is 2.56 bits per heavy atom. The summed E-state index contributed by atoms with van der Waals surface area (Å²) in [6.45, 7) is 2.04. The molecular weight excluding hydrogens is 558 g/mol. The molecule has 0 radical (unpaired) electrons. The molecule has 41 heavy (non-hydrogen) atoms. The fourth-order valence-electron chi connectivity index (χ4n) is 5.30. The summed E-state index contributed by atoms with van der Waals surface area (Å²) in [6, 6.07) is 22.6. The first-order chi connectivity index (χ1) is 19.9. The minimum Gasteiger partial charge on any atom is -0.493 e. The van der Waals surface area contributed by atoms with Crippen LogP contribution in [0.5, 0.6) is 11.5 Å². The predicted molar refractivity (Wildman–Crippen MR) is 166 cm³/mol. The molecule has 1 unspecified atom stereocenters. The number of anilines is 2. The van der Waals surface area contributed by atoms with Crippen LogP contribution in [0.4, 0.5) is 11.4 Å². The van der Waals surface area contributed by atoms with Crippen molar-refractivity contribution in [1.29, 1.82) is 0 Å². The quantitative estimate of drug-likeness (QED) is 0.255. The summed E-state index contributed by atoms with van der Waals surface area (Å²) in [6.07, 6.45) is 6.39. The van der Waals surface area contributed by atoms with Crippen molar-refractivity contribution in [3.05, 3.63) is 88.3 Å². The maximum absolute atomic E-state index is 13.8. The van der Waals surface area contributed by atoms with E-state index in [-0.39, 0.29) is 30.0 Å². The highest BCUT2D eigenvalue weighted by atomic mass is 35.5. The zero-order chi connectivity index (χ0) is 28.8. The fourth-order valence-corrected chi connectivity index (χ4v) is 6.70. The molecule has 3 aromatic rings. The van der Waals surface area contributed by atoms with E-state index in [9.17, 15) is 9.59 Å². The number of nitrogens with zero attached hydrogens (tertiary/aromatic N) is 1. The molecule has 2 N–H and O–H groups in total. The third-order valence-corrected chi connectivity index (χ3v) is 8.86. The number of thioether (sulfide) groups is 1. The van der Waals surface area contributed by atoms with Crippen LogP contribution in [0.15, 0.2) is 77.7 Å². The van der Waals surface area contributed by atoms with E-state index in [2.05, 4.69) is 17.6 Å². The largest absolute Gasteiger partial charge is 0.493 e. The molecule has 2 amide bonds. The number of nitrogens with one attached hydrogen (secondary N) is 2. The van der Waals surface area contributed by atoms with Gasteiger partial charge in [0.2, 0.25) is 0 Å². The lowest BCUT2D eigenvalue weighted by molar-refractivity contribution is -0.129. The summed E-state index contributed by atoms with van der Waals surface area (Å²) in [4.78, 5) is 28.9. The highest BCUT2D eigenvalue weighted by molar-refractivity contribution is 8.05. The number of methoxy groups -OCH3 is 1. The maximum Gasteiger partial charge on any atom is 0.262 e. The number of halogens is 1. The normalized spacial score (nSPS) is 21.5. The number of rotatable bonds is 9. The first kappa shape index (κ1) is 28.9. The van der Waals surface area contributed by atoms with E-state index >= 15 is 0 Å². The maximum atomic E-state index is 13.8. The molecule has 2 fully saturated rings. The van der Waals surface area contributed by atoms with Gasteiger partial charge in [-0.1, -0.05) is 79.5 Å². The molecule has 1 heterocycles. The van der Waals surface area contributed by atoms with Crippen molar-refractivity contribution >= 4 is 52.6 Å². The van der Waals surface area contributed by atoms with Gasteiger partial charge >= 0.3 is 0 Å². The average molecular weight is 592 g/mol. The van der Waals surface area contributed by atoms with Gasteiger partial charge in [-0.25, -0.2) is 0 Å². The molecule has 2 aliphatic rings. The van der Waals surface area contributed by atoms with Crippen LogP contribution in [-0.2, 0) is 9.59 Å². The summed E-state index contributed by atoms with van der Waals surface area (Å²) in [5, 5.41) is 6.76. The van der Waals surface area contributed by atoms with Crippen molar-refractivity contribution in [1.82, 2.24) is 4.90 Å². The van der Waals surface area contributed by atoms with Gasteiger partial charge in [0, 0.05) is 11.7 Å². The topological polar surface area (TPSA) is 79.9 Å². The molecule has 5 rings (SSSR count). The summed E-state index contributed by atoms with van der Waals surface area (Å²) in [7, 11) is 1.55. The monoisotopic (exact) mass is 591 g/mol. The second kappa shape index (κ2) is 13.4. The number of ether oxygens (including phenoxy) is 2. The minimum atomic E-state index is -0.340. The van der Waals surface area contributed by atoms with Gasteiger partial charge in [0.1, 0.15) is 0 Å². The number of carbonyl (C=O) groups is 2. The Labute approximate surface area is 250 Å². The molecule has 7 nitrogen and oxygen atoms in total. The molecule has 1 aliphatic heterocycles. The van der Waals surface area contributed by atoms with Crippen LogP contribution in [0, 0.1) is 5.92 Å². The van der Waals surface area contributed by atoms with Crippen molar-refractivity contribution in [2.45, 2.75) is 44.1 Å². The molecule has 0 aromatic heterocycles. The van der Waals surface area contributed by atoms with Crippen LogP contribution in [0.3, 0.4) is 0 Å². The van der Waals surface area contributed by atoms with E-state index in [1.54, 1.807) is 37.4 Å². The van der Waals surface area contributed by atoms with E-state index < -0.39 is 0 Å². The Hall–Kier alpha value is -3.62. The Bertz CT molecular complexity index is 1420. The molecule has 214 valence electrons. The van der Waals surface area contributed by atoms with Gasteiger partial charge in [0.25, 0.3) is 11.8 Å². The zero-order valence-corrected chi connectivity index (χ0v) is 24.7. The number of benzene rings is 3. The third-order valence-electron chi connectivity index (χ3n) is 7.42. The summed E-state index contributed by atoms with van der Waals surface area (Å²) in [5.41, 5.74) is 2.12. The molecule has 9 heteroatoms. The third kappa shape index (κ3) is 7.00. The Kier molecular flexibility index (Phi) is 9.42. The first-order valence-corrected chi connectivity index (χ1v) is 15.1. The number of hydrogen-bond donors (Lipinski definition) is 2. The molecule has 1 aliphatic carbocycles. The Morgan fingerprint density at radius 2 is 1.80 bits per heavy atom. The molecule has 0 spiro atoms. The summed E-state index contributed by atoms with van der Waals surface area (Å²) < 4.78 is 11.3. The zero-order valence-electron chi connectivity index (χ0n) is 23.1. The number of amides is 2. The average Bonchev–Trinajstić information content (AvgIpc) is 3.27. The molecule has 0 bridgehead atoms. The molecule has 3 atom stereocenters. The van der Waals surface area contributed by atoms with E-state index in [1.807, 2.05) is 53.4 Å². The van der Waals surface area contributed by atoms with Crippen molar-refractivity contribution in [3.8, 4) is 11.5 Å². The second-order valence-electron chi connectivity index (χ2n) is 10.3. The lowest BCUT2D eigenvalue weighted by atomic mass is 9.85. The highest BCUT2D eigenvalue weighted by Crippen LogP contribution is 2.42. The number of para-hydroxylation sites is 2. The van der Waals surface area contributed by atoms with Crippen LogP contribution >= 0.6 is 23.4 Å². The van der Waals surface area contributed by atoms with E-state index in [4.69, 9.17) is 21.1 Å². The van der Waals surface area contributed by atoms with Crippen molar-refractivity contribution < 1.29 is 19.1 Å². The Balaban J connectivity index is 1.32. The second-order valence-corrected chi connectivity index (χ2v) is 11.8. The van der Waals surface area contributed by atoms with Gasteiger partial charge in [-0.2, -0.15) is 0 Å². The molecule has 1 saturated heterocycles. The Morgan fingerprint density at radius 1 is 1.05 bits per heavy atom. The molecule has 1 saturated carbocycles. The van der Waals surface area contributed by atoms with E-state index in [0.717, 1.165) is 30.5 Å². The van der Waals surface area contributed by atoms with E-state index in [1.165, 1.54) is 18.2 Å². The van der Waals surface area contributed by atoms with Crippen LogP contribution < -0.4 is 20.1 Å². The lowest BCUT2D eigenvalue weighted by Gasteiger charge is -2.39. The minimum absolute atomic E-state index is 0.0396. The van der Waals surface area contributed by atoms with Gasteiger partial charge in [-0.05, 0) is 66.8 Å². The fraction of sp³-hybridized carbons (Fsp3) is 0.312. The van der Waals surface area contributed by atoms with Crippen LogP contribution in [0.1, 0.15) is 38.2 Å². The molecule has 3 aromatic carbocycles. The SMILES string of the molecule is COc1cc(/C=C2\SC(Nc3ccccc3)N([C@@H]3CCCC[C@@H]3C)C2=O)ccc1OCC(=O)Nc1ccccc1Cl. The summed E-state index contributed by atoms with van der Waals surface area (Å²) >= 11 is 7.66. The van der Waals surface area contributed by atoms with Gasteiger partial charge in [-0.3, -0.25) is 9.59 Å². The van der Waals surface area contributed by atoms with Gasteiger partial charge in [0.15, 0.2) is 23.6 Å². The van der Waals surface area contributed by atoms with Crippen molar-refractivity contribution in [3.63, 3.8) is 0 Å². The van der Waals surface area contributed by atoms with Gasteiger partial charge < -0.3 is 25.0 Å². The standard InChI is InChI=1S/C32H34ClN3O4S/c1-21-10-6-9-15-26(21)36-31(38)29(41-32(36)34-23-11-4-3-5-12-23)19-22-16-17-27(28(18-22)39-2)40-20-30(37)35-25-14-8-7-13-24(25)33/h3-5,7-8,11-14,16-19,21,26,32,34H,6,9-10,15,20H2,1-2H3,(H,35,37)/b29-19-/t21-,26+,32?/m0/s1.